The molecular weight excluding hydrogens is 410 g/mol. The highest BCUT2D eigenvalue weighted by Gasteiger charge is 2.25. The number of aryl methyl sites for hydroxylation is 2. The van der Waals surface area contributed by atoms with Crippen LogP contribution in [-0.4, -0.2) is 29.1 Å². The summed E-state index contributed by atoms with van der Waals surface area (Å²) < 4.78 is 4.99. The second-order valence-corrected chi connectivity index (χ2v) is 7.85. The van der Waals surface area contributed by atoms with E-state index in [1.165, 1.54) is 24.6 Å². The Morgan fingerprint density at radius 2 is 1.45 bits per heavy atom. The van der Waals surface area contributed by atoms with Gasteiger partial charge in [0.2, 0.25) is 0 Å². The van der Waals surface area contributed by atoms with Crippen LogP contribution in [0, 0.1) is 0 Å². The summed E-state index contributed by atoms with van der Waals surface area (Å²) in [5.41, 5.74) is 5.27. The molecule has 166 valence electrons. The van der Waals surface area contributed by atoms with Crippen LogP contribution in [0.3, 0.4) is 0 Å². The summed E-state index contributed by atoms with van der Waals surface area (Å²) in [6.07, 6.45) is 3.53. The molecular formula is C28H27N3O2. The second kappa shape index (κ2) is 10.6. The summed E-state index contributed by atoms with van der Waals surface area (Å²) >= 11 is 0. The number of hydrogen-bond acceptors (Lipinski definition) is 5. The molecule has 4 aromatic rings. The van der Waals surface area contributed by atoms with Crippen LogP contribution >= 0.6 is 0 Å². The Morgan fingerprint density at radius 1 is 0.848 bits per heavy atom. The lowest BCUT2D eigenvalue weighted by atomic mass is 10.0. The molecule has 1 atom stereocenters. The minimum Gasteiger partial charge on any atom is -0.467 e. The lowest BCUT2D eigenvalue weighted by Gasteiger charge is -2.28. The van der Waals surface area contributed by atoms with Crippen molar-refractivity contribution in [2.75, 3.05) is 12.0 Å². The molecule has 0 unspecified atom stereocenters. The molecule has 0 N–H and O–H groups in total. The van der Waals surface area contributed by atoms with Crippen LogP contribution < -0.4 is 4.90 Å². The quantitative estimate of drug-likeness (QED) is 0.335. The molecule has 1 aromatic heterocycles. The predicted octanol–water partition coefficient (Wildman–Crippen LogP) is 5.63. The highest BCUT2D eigenvalue weighted by Crippen LogP contribution is 2.29. The Bertz CT molecular complexity index is 1180. The lowest BCUT2D eigenvalue weighted by Crippen LogP contribution is -2.36. The SMILES string of the molecule is COC(=O)[C@H](C)N(c1ccccc1)c1cc(-c2ccc(CCc3ccccc3)cc2)ncn1. The van der Waals surface area contributed by atoms with E-state index >= 15 is 0 Å². The molecule has 33 heavy (non-hydrogen) atoms. The molecule has 0 fully saturated rings. The van der Waals surface area contributed by atoms with E-state index in [0.29, 0.717) is 5.82 Å². The number of methoxy groups -OCH3 is 1. The van der Waals surface area contributed by atoms with Gasteiger partial charge in [0.1, 0.15) is 18.2 Å². The molecule has 0 saturated carbocycles. The average molecular weight is 438 g/mol. The maximum Gasteiger partial charge on any atom is 0.328 e. The van der Waals surface area contributed by atoms with Gasteiger partial charge in [-0.25, -0.2) is 14.8 Å². The zero-order chi connectivity index (χ0) is 23.0. The first kappa shape index (κ1) is 22.2. The Balaban J connectivity index is 1.57. The Labute approximate surface area is 194 Å². The molecule has 3 aromatic carbocycles. The van der Waals surface area contributed by atoms with Crippen molar-refractivity contribution in [3.05, 3.63) is 108 Å². The second-order valence-electron chi connectivity index (χ2n) is 7.85. The first-order chi connectivity index (χ1) is 16.2. The number of aromatic nitrogens is 2. The van der Waals surface area contributed by atoms with E-state index in [1.807, 2.05) is 54.3 Å². The number of ether oxygens (including phenoxy) is 1. The van der Waals surface area contributed by atoms with Crippen molar-refractivity contribution >= 4 is 17.5 Å². The number of hydrogen-bond donors (Lipinski definition) is 0. The number of nitrogens with zero attached hydrogens (tertiary/aromatic N) is 3. The molecule has 0 radical (unpaired) electrons. The van der Waals surface area contributed by atoms with E-state index in [-0.39, 0.29) is 5.97 Å². The van der Waals surface area contributed by atoms with E-state index < -0.39 is 6.04 Å². The summed E-state index contributed by atoms with van der Waals surface area (Å²) in [4.78, 5) is 23.2. The molecule has 0 amide bonds. The number of para-hydroxylation sites is 1. The van der Waals surface area contributed by atoms with E-state index in [9.17, 15) is 4.79 Å². The van der Waals surface area contributed by atoms with E-state index in [1.54, 1.807) is 0 Å². The zero-order valence-corrected chi connectivity index (χ0v) is 18.9. The highest BCUT2D eigenvalue weighted by atomic mass is 16.5. The maximum absolute atomic E-state index is 12.3. The maximum atomic E-state index is 12.3. The van der Waals surface area contributed by atoms with Crippen LogP contribution in [0.1, 0.15) is 18.1 Å². The number of benzene rings is 3. The van der Waals surface area contributed by atoms with Gasteiger partial charge in [-0.3, -0.25) is 0 Å². The van der Waals surface area contributed by atoms with Gasteiger partial charge in [0.05, 0.1) is 12.8 Å². The van der Waals surface area contributed by atoms with Gasteiger partial charge in [-0.05, 0) is 43.0 Å². The average Bonchev–Trinajstić information content (AvgIpc) is 2.89. The van der Waals surface area contributed by atoms with E-state index in [4.69, 9.17) is 4.74 Å². The van der Waals surface area contributed by atoms with E-state index in [2.05, 4.69) is 58.5 Å². The first-order valence-corrected chi connectivity index (χ1v) is 11.0. The predicted molar refractivity (Wildman–Crippen MR) is 131 cm³/mol. The Kier molecular flexibility index (Phi) is 7.10. The number of esters is 1. The van der Waals surface area contributed by atoms with Gasteiger partial charge < -0.3 is 9.64 Å². The van der Waals surface area contributed by atoms with Crippen molar-refractivity contribution in [1.82, 2.24) is 9.97 Å². The van der Waals surface area contributed by atoms with Crippen molar-refractivity contribution in [1.29, 1.82) is 0 Å². The molecule has 0 aliphatic rings. The van der Waals surface area contributed by atoms with Crippen LogP contribution in [0.15, 0.2) is 97.3 Å². The minimum atomic E-state index is -0.541. The van der Waals surface area contributed by atoms with Gasteiger partial charge >= 0.3 is 5.97 Å². The summed E-state index contributed by atoms with van der Waals surface area (Å²) in [6, 6.07) is 30.0. The van der Waals surface area contributed by atoms with E-state index in [0.717, 1.165) is 29.8 Å². The molecule has 0 aliphatic heterocycles. The lowest BCUT2D eigenvalue weighted by molar-refractivity contribution is -0.141. The van der Waals surface area contributed by atoms with Gasteiger partial charge in [0.15, 0.2) is 0 Å². The summed E-state index contributed by atoms with van der Waals surface area (Å²) in [5.74, 6) is 0.305. The fourth-order valence-corrected chi connectivity index (χ4v) is 3.83. The third-order valence-electron chi connectivity index (χ3n) is 5.66. The van der Waals surface area contributed by atoms with Gasteiger partial charge in [-0.1, -0.05) is 72.8 Å². The Hall–Kier alpha value is -3.99. The third-order valence-corrected chi connectivity index (χ3v) is 5.66. The molecule has 0 aliphatic carbocycles. The first-order valence-electron chi connectivity index (χ1n) is 11.0. The molecule has 1 heterocycles. The molecule has 0 bridgehead atoms. The van der Waals surface area contributed by atoms with Gasteiger partial charge in [-0.15, -0.1) is 0 Å². The largest absolute Gasteiger partial charge is 0.467 e. The molecule has 0 saturated heterocycles. The minimum absolute atomic E-state index is 0.332. The molecule has 0 spiro atoms. The molecule has 5 nitrogen and oxygen atoms in total. The van der Waals surface area contributed by atoms with Crippen LogP contribution in [0.4, 0.5) is 11.5 Å². The zero-order valence-electron chi connectivity index (χ0n) is 18.9. The molecule has 4 rings (SSSR count). The van der Waals surface area contributed by atoms with Gasteiger partial charge in [-0.2, -0.15) is 0 Å². The van der Waals surface area contributed by atoms with Gasteiger partial charge in [0.25, 0.3) is 0 Å². The van der Waals surface area contributed by atoms with Crippen molar-refractivity contribution in [2.45, 2.75) is 25.8 Å². The van der Waals surface area contributed by atoms with Crippen LogP contribution in [0.5, 0.6) is 0 Å². The smallest absolute Gasteiger partial charge is 0.328 e. The number of carbonyl (C=O) groups is 1. The van der Waals surface area contributed by atoms with Crippen molar-refractivity contribution in [2.24, 2.45) is 0 Å². The van der Waals surface area contributed by atoms with Crippen molar-refractivity contribution in [3.8, 4) is 11.3 Å². The number of carbonyl (C=O) groups excluding carboxylic acids is 1. The third kappa shape index (κ3) is 5.44. The Morgan fingerprint density at radius 3 is 2.09 bits per heavy atom. The molecule has 5 heteroatoms. The summed E-state index contributed by atoms with van der Waals surface area (Å²) in [7, 11) is 1.40. The van der Waals surface area contributed by atoms with Gasteiger partial charge in [0, 0.05) is 17.3 Å². The number of anilines is 2. The van der Waals surface area contributed by atoms with Crippen LogP contribution in [0.2, 0.25) is 0 Å². The summed E-state index contributed by atoms with van der Waals surface area (Å²) in [6.45, 7) is 1.81. The van der Waals surface area contributed by atoms with Crippen LogP contribution in [-0.2, 0) is 22.4 Å². The number of rotatable bonds is 8. The topological polar surface area (TPSA) is 55.3 Å². The monoisotopic (exact) mass is 437 g/mol. The fraction of sp³-hybridized carbons (Fsp3) is 0.179. The van der Waals surface area contributed by atoms with Crippen LogP contribution in [0.25, 0.3) is 11.3 Å². The van der Waals surface area contributed by atoms with Crippen molar-refractivity contribution in [3.63, 3.8) is 0 Å². The van der Waals surface area contributed by atoms with Crippen molar-refractivity contribution < 1.29 is 9.53 Å². The standard InChI is InChI=1S/C28H27N3O2/c1-21(28(32)33-2)31(25-11-7-4-8-12-25)27-19-26(29-20-30-27)24-17-15-23(16-18-24)14-13-22-9-5-3-6-10-22/h3-12,15-21H,13-14H2,1-2H3/t21-/m0/s1. The summed E-state index contributed by atoms with van der Waals surface area (Å²) in [5, 5.41) is 0. The highest BCUT2D eigenvalue weighted by molar-refractivity contribution is 5.83. The normalized spacial score (nSPS) is 11.6. The fourth-order valence-electron chi connectivity index (χ4n) is 3.83.